The zero-order valence-electron chi connectivity index (χ0n) is 14.0. The molecule has 0 spiro atoms. The van der Waals surface area contributed by atoms with Crippen LogP contribution in [0.25, 0.3) is 0 Å². The first-order valence-corrected chi connectivity index (χ1v) is 7.82. The van der Waals surface area contributed by atoms with Gasteiger partial charge in [-0.15, -0.1) is 0 Å². The molecule has 0 aromatic heterocycles. The van der Waals surface area contributed by atoms with Crippen LogP contribution in [0.4, 0.5) is 23.7 Å². The van der Waals surface area contributed by atoms with Gasteiger partial charge in [0.2, 0.25) is 0 Å². The van der Waals surface area contributed by atoms with Crippen molar-refractivity contribution in [1.29, 1.82) is 0 Å². The lowest BCUT2D eigenvalue weighted by Gasteiger charge is -2.07. The molecule has 0 bridgehead atoms. The summed E-state index contributed by atoms with van der Waals surface area (Å²) in [6.07, 6.45) is -4.41. The van der Waals surface area contributed by atoms with Crippen LogP contribution in [0.15, 0.2) is 48.5 Å². The molecule has 2 aromatic rings. The number of alkyl halides is 3. The highest BCUT2D eigenvalue weighted by Gasteiger charge is 2.30. The average molecular weight is 362 g/mol. The van der Waals surface area contributed by atoms with Crippen molar-refractivity contribution >= 4 is 11.7 Å². The van der Waals surface area contributed by atoms with Crippen LogP contribution in [0.3, 0.4) is 0 Å². The lowest BCUT2D eigenvalue weighted by molar-refractivity contribution is -0.137. The van der Waals surface area contributed by atoms with E-state index in [0.29, 0.717) is 18.0 Å². The number of hydrogen-bond acceptors (Lipinski definition) is 2. The number of carbonyl (C=O) groups excluding carboxylic acids is 1. The van der Waals surface area contributed by atoms with E-state index in [2.05, 4.69) is 22.5 Å². The van der Waals surface area contributed by atoms with Crippen molar-refractivity contribution in [2.24, 2.45) is 0 Å². The molecule has 0 aliphatic rings. The predicted octanol–water partition coefficient (Wildman–Crippen LogP) is 4.28. The molecule has 0 aliphatic heterocycles. The van der Waals surface area contributed by atoms with Gasteiger partial charge in [-0.1, -0.05) is 17.9 Å². The van der Waals surface area contributed by atoms with Gasteiger partial charge in [0.05, 0.1) is 18.7 Å². The fourth-order valence-electron chi connectivity index (χ4n) is 2.02. The minimum atomic E-state index is -4.41. The molecular weight excluding hydrogens is 345 g/mol. The topological polar surface area (TPSA) is 50.4 Å². The summed E-state index contributed by atoms with van der Waals surface area (Å²) >= 11 is 0. The minimum Gasteiger partial charge on any atom is -0.494 e. The predicted molar refractivity (Wildman–Crippen MR) is 93.0 cm³/mol. The number of amides is 2. The Morgan fingerprint density at radius 1 is 1.15 bits per heavy atom. The average Bonchev–Trinajstić information content (AvgIpc) is 2.60. The number of benzene rings is 2. The van der Waals surface area contributed by atoms with Crippen LogP contribution in [0, 0.1) is 11.8 Å². The van der Waals surface area contributed by atoms with E-state index in [4.69, 9.17) is 4.74 Å². The van der Waals surface area contributed by atoms with E-state index in [1.807, 2.05) is 6.92 Å². The zero-order chi connectivity index (χ0) is 19.0. The molecule has 2 rings (SSSR count). The summed E-state index contributed by atoms with van der Waals surface area (Å²) in [4.78, 5) is 11.7. The number of nitrogens with one attached hydrogen (secondary N) is 2. The number of rotatable bonds is 4. The highest BCUT2D eigenvalue weighted by molar-refractivity contribution is 5.89. The van der Waals surface area contributed by atoms with Gasteiger partial charge < -0.3 is 15.4 Å². The van der Waals surface area contributed by atoms with Crippen molar-refractivity contribution in [3.05, 3.63) is 59.7 Å². The Kier molecular flexibility index (Phi) is 6.50. The third-order valence-corrected chi connectivity index (χ3v) is 3.18. The van der Waals surface area contributed by atoms with E-state index in [1.165, 1.54) is 12.1 Å². The summed E-state index contributed by atoms with van der Waals surface area (Å²) in [5, 5.41) is 5.13. The largest absolute Gasteiger partial charge is 0.494 e. The second-order valence-corrected chi connectivity index (χ2v) is 5.15. The standard InChI is InChI=1S/C19H17F3N2O2/c1-2-26-17-10-8-16(9-11-17)24-18(25)23-12-4-6-14-5-3-7-15(13-14)19(20,21)22/h3,5,7-11,13H,2,12H2,1H3,(H2,23,24,25). The Balaban J connectivity index is 1.84. The number of anilines is 1. The molecule has 0 saturated heterocycles. The van der Waals surface area contributed by atoms with Crippen LogP contribution in [0.2, 0.25) is 0 Å². The summed E-state index contributed by atoms with van der Waals surface area (Å²) < 4.78 is 43.1. The maximum Gasteiger partial charge on any atom is 0.416 e. The Morgan fingerprint density at radius 3 is 2.54 bits per heavy atom. The molecule has 2 amide bonds. The first kappa shape index (κ1) is 19.2. The molecule has 4 nitrogen and oxygen atoms in total. The van der Waals surface area contributed by atoms with Crippen LogP contribution >= 0.6 is 0 Å². The summed E-state index contributed by atoms with van der Waals surface area (Å²) in [6, 6.07) is 11.1. The highest BCUT2D eigenvalue weighted by atomic mass is 19.4. The first-order chi connectivity index (χ1) is 12.4. The SMILES string of the molecule is CCOc1ccc(NC(=O)NCC#Cc2cccc(C(F)(F)F)c2)cc1. The molecule has 136 valence electrons. The Bertz CT molecular complexity index is 806. The van der Waals surface area contributed by atoms with E-state index in [1.54, 1.807) is 24.3 Å². The smallest absolute Gasteiger partial charge is 0.416 e. The maximum atomic E-state index is 12.6. The highest BCUT2D eigenvalue weighted by Crippen LogP contribution is 2.29. The molecule has 7 heteroatoms. The van der Waals surface area contributed by atoms with Crippen LogP contribution < -0.4 is 15.4 Å². The van der Waals surface area contributed by atoms with Crippen molar-refractivity contribution in [3.8, 4) is 17.6 Å². The fourth-order valence-corrected chi connectivity index (χ4v) is 2.02. The van der Waals surface area contributed by atoms with Gasteiger partial charge in [0, 0.05) is 11.3 Å². The fraction of sp³-hybridized carbons (Fsp3) is 0.211. The van der Waals surface area contributed by atoms with Gasteiger partial charge in [-0.05, 0) is 49.4 Å². The van der Waals surface area contributed by atoms with E-state index in [9.17, 15) is 18.0 Å². The lowest BCUT2D eigenvalue weighted by atomic mass is 10.1. The molecule has 2 aromatic carbocycles. The van der Waals surface area contributed by atoms with E-state index < -0.39 is 17.8 Å². The van der Waals surface area contributed by atoms with Gasteiger partial charge in [0.1, 0.15) is 5.75 Å². The molecular formula is C19H17F3N2O2. The third-order valence-electron chi connectivity index (χ3n) is 3.18. The van der Waals surface area contributed by atoms with Gasteiger partial charge in [-0.2, -0.15) is 13.2 Å². The molecule has 0 fully saturated rings. The molecule has 0 saturated carbocycles. The molecule has 0 atom stereocenters. The minimum absolute atomic E-state index is 0.000885. The third kappa shape index (κ3) is 6.06. The van der Waals surface area contributed by atoms with Crippen molar-refractivity contribution in [2.45, 2.75) is 13.1 Å². The Hall–Kier alpha value is -3.14. The zero-order valence-corrected chi connectivity index (χ0v) is 14.0. The van der Waals surface area contributed by atoms with Gasteiger partial charge >= 0.3 is 12.2 Å². The Labute approximate surface area is 149 Å². The normalized spacial score (nSPS) is 10.5. The summed E-state index contributed by atoms with van der Waals surface area (Å²) in [5.74, 6) is 5.90. The molecule has 0 unspecified atom stereocenters. The molecule has 0 heterocycles. The van der Waals surface area contributed by atoms with Crippen LogP contribution in [-0.4, -0.2) is 19.2 Å². The molecule has 0 aliphatic carbocycles. The molecule has 0 radical (unpaired) electrons. The summed E-state index contributed by atoms with van der Waals surface area (Å²) in [6.45, 7) is 2.43. The second-order valence-electron chi connectivity index (χ2n) is 5.15. The van der Waals surface area contributed by atoms with Crippen molar-refractivity contribution in [1.82, 2.24) is 5.32 Å². The van der Waals surface area contributed by atoms with Gasteiger partial charge in [0.15, 0.2) is 0 Å². The molecule has 26 heavy (non-hydrogen) atoms. The maximum absolute atomic E-state index is 12.6. The number of hydrogen-bond donors (Lipinski definition) is 2. The number of carbonyl (C=O) groups is 1. The van der Waals surface area contributed by atoms with E-state index >= 15 is 0 Å². The molecule has 2 N–H and O–H groups in total. The van der Waals surface area contributed by atoms with Crippen LogP contribution in [0.5, 0.6) is 5.75 Å². The van der Waals surface area contributed by atoms with E-state index in [0.717, 1.165) is 12.1 Å². The van der Waals surface area contributed by atoms with Crippen LogP contribution in [-0.2, 0) is 6.18 Å². The quantitative estimate of drug-likeness (QED) is 0.798. The number of halogens is 3. The van der Waals surface area contributed by atoms with Crippen molar-refractivity contribution in [3.63, 3.8) is 0 Å². The monoisotopic (exact) mass is 362 g/mol. The summed E-state index contributed by atoms with van der Waals surface area (Å²) in [5.41, 5.74) is 0.0517. The van der Waals surface area contributed by atoms with Crippen LogP contribution in [0.1, 0.15) is 18.1 Å². The van der Waals surface area contributed by atoms with Crippen molar-refractivity contribution < 1.29 is 22.7 Å². The number of ether oxygens (including phenoxy) is 1. The van der Waals surface area contributed by atoms with E-state index in [-0.39, 0.29) is 12.1 Å². The van der Waals surface area contributed by atoms with Crippen molar-refractivity contribution in [2.75, 3.05) is 18.5 Å². The van der Waals surface area contributed by atoms with Gasteiger partial charge in [-0.3, -0.25) is 0 Å². The lowest BCUT2D eigenvalue weighted by Crippen LogP contribution is -2.28. The van der Waals surface area contributed by atoms with Gasteiger partial charge in [0.25, 0.3) is 0 Å². The second kappa shape index (κ2) is 8.81. The van der Waals surface area contributed by atoms with Gasteiger partial charge in [-0.25, -0.2) is 4.79 Å². The summed E-state index contributed by atoms with van der Waals surface area (Å²) in [7, 11) is 0. The Morgan fingerprint density at radius 2 is 1.88 bits per heavy atom. The first-order valence-electron chi connectivity index (χ1n) is 7.82. The number of urea groups is 1.